The van der Waals surface area contributed by atoms with E-state index in [2.05, 4.69) is 15.3 Å². The van der Waals surface area contributed by atoms with Crippen molar-refractivity contribution in [3.63, 3.8) is 0 Å². The zero-order valence-electron chi connectivity index (χ0n) is 12.3. The molecule has 0 saturated heterocycles. The van der Waals surface area contributed by atoms with Crippen LogP contribution in [0.1, 0.15) is 12.2 Å². The Morgan fingerprint density at radius 2 is 1.90 bits per heavy atom. The lowest BCUT2D eigenvalue weighted by molar-refractivity contribution is 0.0641. The fourth-order valence-corrected chi connectivity index (χ4v) is 1.45. The topological polar surface area (TPSA) is 74.7 Å². The van der Waals surface area contributed by atoms with Crippen LogP contribution in [0.2, 0.25) is 0 Å². The molecule has 0 unspecified atom stereocenters. The highest BCUT2D eigenvalue weighted by Gasteiger charge is 2.04. The van der Waals surface area contributed by atoms with Gasteiger partial charge in [-0.2, -0.15) is 4.98 Å². The average Bonchev–Trinajstić information content (AvgIpc) is 2.46. The fourth-order valence-electron chi connectivity index (χ4n) is 1.45. The Balaban J connectivity index is 2.33. The van der Waals surface area contributed by atoms with E-state index in [0.717, 1.165) is 6.42 Å². The van der Waals surface area contributed by atoms with Crippen molar-refractivity contribution in [1.29, 1.82) is 0 Å². The van der Waals surface area contributed by atoms with Gasteiger partial charge in [0, 0.05) is 40.4 Å². The molecule has 0 fully saturated rings. The Morgan fingerprint density at radius 3 is 2.60 bits per heavy atom. The van der Waals surface area contributed by atoms with E-state index in [0.29, 0.717) is 50.6 Å². The fraction of sp³-hybridized carbons (Fsp3) is 0.692. The predicted molar refractivity (Wildman–Crippen MR) is 75.1 cm³/mol. The van der Waals surface area contributed by atoms with Crippen LogP contribution in [0.5, 0.6) is 5.88 Å². The largest absolute Gasteiger partial charge is 0.477 e. The average molecular weight is 285 g/mol. The molecule has 0 aliphatic rings. The molecule has 0 radical (unpaired) electrons. The Morgan fingerprint density at radius 1 is 1.05 bits per heavy atom. The number of ether oxygens (including phenoxy) is 4. The minimum Gasteiger partial charge on any atom is -0.477 e. The molecule has 0 spiro atoms. The van der Waals surface area contributed by atoms with E-state index < -0.39 is 0 Å². The summed E-state index contributed by atoms with van der Waals surface area (Å²) in [6.07, 6.45) is 0.794. The van der Waals surface area contributed by atoms with E-state index in [4.69, 9.17) is 18.9 Å². The van der Waals surface area contributed by atoms with E-state index in [1.807, 2.05) is 0 Å². The molecule has 0 saturated carbocycles. The van der Waals surface area contributed by atoms with Crippen LogP contribution in [0.3, 0.4) is 0 Å². The van der Waals surface area contributed by atoms with Crippen LogP contribution in [0, 0.1) is 0 Å². The second kappa shape index (κ2) is 10.4. The number of rotatable bonds is 11. The maximum atomic E-state index is 5.58. The Kier molecular flexibility index (Phi) is 8.61. The van der Waals surface area contributed by atoms with Gasteiger partial charge in [-0.3, -0.25) is 0 Å². The molecule has 0 atom stereocenters. The van der Waals surface area contributed by atoms with Gasteiger partial charge in [0.2, 0.25) is 5.88 Å². The van der Waals surface area contributed by atoms with Crippen LogP contribution in [-0.4, -0.2) is 57.7 Å². The molecule has 1 aromatic heterocycles. The summed E-state index contributed by atoms with van der Waals surface area (Å²) < 4.78 is 20.8. The minimum absolute atomic E-state index is 0.353. The minimum atomic E-state index is 0.353. The molecule has 0 aliphatic heterocycles. The van der Waals surface area contributed by atoms with Gasteiger partial charge >= 0.3 is 0 Å². The Bertz CT molecular complexity index is 377. The SMILES string of the molecule is CNc1cc(OCCCOCCOC)nc(COC)n1. The van der Waals surface area contributed by atoms with E-state index in [-0.39, 0.29) is 0 Å². The van der Waals surface area contributed by atoms with Gasteiger partial charge in [0.1, 0.15) is 12.4 Å². The lowest BCUT2D eigenvalue weighted by atomic mass is 10.4. The number of nitrogens with one attached hydrogen (secondary N) is 1. The summed E-state index contributed by atoms with van der Waals surface area (Å²) in [4.78, 5) is 8.51. The van der Waals surface area contributed by atoms with Crippen molar-refractivity contribution in [2.24, 2.45) is 0 Å². The number of hydrogen-bond acceptors (Lipinski definition) is 7. The van der Waals surface area contributed by atoms with Crippen LogP contribution in [0.4, 0.5) is 5.82 Å². The smallest absolute Gasteiger partial charge is 0.218 e. The van der Waals surface area contributed by atoms with Crippen molar-refractivity contribution < 1.29 is 18.9 Å². The summed E-state index contributed by atoms with van der Waals surface area (Å²) >= 11 is 0. The molecule has 1 rings (SSSR count). The van der Waals surface area contributed by atoms with E-state index in [9.17, 15) is 0 Å². The Hall–Kier alpha value is -1.44. The van der Waals surface area contributed by atoms with Gasteiger partial charge in [-0.15, -0.1) is 0 Å². The molecule has 1 aromatic rings. The van der Waals surface area contributed by atoms with Crippen molar-refractivity contribution >= 4 is 5.82 Å². The summed E-state index contributed by atoms with van der Waals surface area (Å²) in [6.45, 7) is 2.74. The number of nitrogens with zero attached hydrogens (tertiary/aromatic N) is 2. The highest BCUT2D eigenvalue weighted by atomic mass is 16.5. The van der Waals surface area contributed by atoms with Crippen LogP contribution < -0.4 is 10.1 Å². The van der Waals surface area contributed by atoms with Gasteiger partial charge in [0.15, 0.2) is 5.82 Å². The second-order valence-electron chi connectivity index (χ2n) is 4.00. The van der Waals surface area contributed by atoms with Crippen LogP contribution >= 0.6 is 0 Å². The summed E-state index contributed by atoms with van der Waals surface area (Å²) in [5.41, 5.74) is 0. The molecule has 0 aliphatic carbocycles. The van der Waals surface area contributed by atoms with Gasteiger partial charge in [-0.1, -0.05) is 0 Å². The summed E-state index contributed by atoms with van der Waals surface area (Å²) in [5.74, 6) is 1.83. The molecule has 7 nitrogen and oxygen atoms in total. The van der Waals surface area contributed by atoms with Crippen molar-refractivity contribution in [1.82, 2.24) is 9.97 Å². The molecule has 1 N–H and O–H groups in total. The second-order valence-corrected chi connectivity index (χ2v) is 4.00. The first-order valence-electron chi connectivity index (χ1n) is 6.54. The zero-order chi connectivity index (χ0) is 14.6. The number of aromatic nitrogens is 2. The normalized spacial score (nSPS) is 10.6. The van der Waals surface area contributed by atoms with Gasteiger partial charge in [-0.25, -0.2) is 4.98 Å². The van der Waals surface area contributed by atoms with Gasteiger partial charge in [-0.05, 0) is 0 Å². The van der Waals surface area contributed by atoms with Crippen molar-refractivity contribution in [3.05, 3.63) is 11.9 Å². The maximum Gasteiger partial charge on any atom is 0.218 e. The van der Waals surface area contributed by atoms with Crippen molar-refractivity contribution in [3.8, 4) is 5.88 Å². The van der Waals surface area contributed by atoms with Gasteiger partial charge in [0.05, 0.1) is 19.8 Å². The highest BCUT2D eigenvalue weighted by Crippen LogP contribution is 2.13. The lowest BCUT2D eigenvalue weighted by Crippen LogP contribution is -2.09. The molecule has 0 amide bonds. The number of methoxy groups -OCH3 is 2. The molecule has 7 heteroatoms. The van der Waals surface area contributed by atoms with Gasteiger partial charge in [0.25, 0.3) is 0 Å². The van der Waals surface area contributed by atoms with E-state index in [1.54, 1.807) is 27.3 Å². The van der Waals surface area contributed by atoms with Crippen LogP contribution in [0.15, 0.2) is 6.07 Å². The third-order valence-corrected chi connectivity index (χ3v) is 2.39. The zero-order valence-corrected chi connectivity index (χ0v) is 12.3. The maximum absolute atomic E-state index is 5.58. The molecule has 0 bridgehead atoms. The molecule has 20 heavy (non-hydrogen) atoms. The lowest BCUT2D eigenvalue weighted by Gasteiger charge is -2.09. The summed E-state index contributed by atoms with van der Waals surface area (Å²) in [6, 6.07) is 1.75. The first kappa shape index (κ1) is 16.6. The summed E-state index contributed by atoms with van der Waals surface area (Å²) in [7, 11) is 5.05. The number of anilines is 1. The van der Waals surface area contributed by atoms with Crippen LogP contribution in [0.25, 0.3) is 0 Å². The predicted octanol–water partition coefficient (Wildman–Crippen LogP) is 1.10. The third kappa shape index (κ3) is 6.65. The number of hydrogen-bond donors (Lipinski definition) is 1. The van der Waals surface area contributed by atoms with E-state index >= 15 is 0 Å². The first-order chi connectivity index (χ1) is 9.80. The molecule has 114 valence electrons. The van der Waals surface area contributed by atoms with Crippen molar-refractivity contribution in [2.45, 2.75) is 13.0 Å². The quantitative estimate of drug-likeness (QED) is 0.610. The molecular formula is C13H23N3O4. The monoisotopic (exact) mass is 285 g/mol. The van der Waals surface area contributed by atoms with Crippen molar-refractivity contribution in [2.75, 3.05) is 53.0 Å². The van der Waals surface area contributed by atoms with Gasteiger partial charge < -0.3 is 24.3 Å². The summed E-state index contributed by atoms with van der Waals surface area (Å²) in [5, 5.41) is 2.97. The highest BCUT2D eigenvalue weighted by molar-refractivity contribution is 5.37. The van der Waals surface area contributed by atoms with E-state index in [1.165, 1.54) is 0 Å². The Labute approximate surface area is 119 Å². The third-order valence-electron chi connectivity index (χ3n) is 2.39. The molecule has 0 aromatic carbocycles. The standard InChI is InChI=1S/C13H23N3O4/c1-14-11-9-13(16-12(15-11)10-18-3)20-6-4-5-19-8-7-17-2/h9H,4-8,10H2,1-3H3,(H,14,15,16). The van der Waals surface area contributed by atoms with Crippen LogP contribution in [-0.2, 0) is 20.8 Å². The molecular weight excluding hydrogens is 262 g/mol. The molecule has 1 heterocycles. The first-order valence-corrected chi connectivity index (χ1v) is 6.54.